The Hall–Kier alpha value is -1.52. The Bertz CT molecular complexity index is 450. The minimum atomic E-state index is -0.0383. The smallest absolute Gasteiger partial charge is 0.315 e. The lowest BCUT2D eigenvalue weighted by molar-refractivity contribution is 0.235. The van der Waals surface area contributed by atoms with Gasteiger partial charge >= 0.3 is 6.03 Å². The molecule has 98 valence electrons. The number of carbonyl (C=O) groups excluding carboxylic acids is 1. The van der Waals surface area contributed by atoms with E-state index in [1.165, 1.54) is 18.4 Å². The average molecular weight is 248 g/mol. The predicted molar refractivity (Wildman–Crippen MR) is 68.1 cm³/mol. The first-order valence-corrected chi connectivity index (χ1v) is 6.79. The largest absolute Gasteiger partial charge is 0.338 e. The number of fused-ring (bicyclic) bond motifs is 1. The summed E-state index contributed by atoms with van der Waals surface area (Å²) in [6.07, 6.45) is 7.68. The van der Waals surface area contributed by atoms with Crippen LogP contribution in [0.25, 0.3) is 0 Å². The third-order valence-electron chi connectivity index (χ3n) is 3.77. The van der Waals surface area contributed by atoms with Gasteiger partial charge in [-0.2, -0.15) is 5.10 Å². The fraction of sp³-hybridized carbons (Fsp3) is 0.692. The first-order valence-electron chi connectivity index (χ1n) is 6.79. The summed E-state index contributed by atoms with van der Waals surface area (Å²) in [4.78, 5) is 11.8. The molecule has 1 saturated carbocycles. The van der Waals surface area contributed by atoms with Crippen LogP contribution in [0.5, 0.6) is 0 Å². The lowest BCUT2D eigenvalue weighted by Gasteiger charge is -2.22. The second-order valence-corrected chi connectivity index (χ2v) is 5.45. The third kappa shape index (κ3) is 2.49. The van der Waals surface area contributed by atoms with E-state index in [1.807, 2.05) is 17.9 Å². The molecule has 5 heteroatoms. The van der Waals surface area contributed by atoms with Crippen molar-refractivity contribution in [1.29, 1.82) is 0 Å². The summed E-state index contributed by atoms with van der Waals surface area (Å²) in [5.41, 5.74) is 2.32. The van der Waals surface area contributed by atoms with Crippen LogP contribution in [0.15, 0.2) is 6.20 Å². The zero-order valence-electron chi connectivity index (χ0n) is 10.8. The van der Waals surface area contributed by atoms with Crippen LogP contribution in [0, 0.1) is 5.92 Å². The molecule has 5 nitrogen and oxygen atoms in total. The highest BCUT2D eigenvalue weighted by atomic mass is 16.2. The zero-order valence-corrected chi connectivity index (χ0v) is 10.8. The van der Waals surface area contributed by atoms with Crippen molar-refractivity contribution >= 4 is 6.03 Å². The summed E-state index contributed by atoms with van der Waals surface area (Å²) in [6, 6.07) is 0.0882. The van der Waals surface area contributed by atoms with Gasteiger partial charge in [0.2, 0.25) is 0 Å². The number of hydrogen-bond donors (Lipinski definition) is 2. The quantitative estimate of drug-likeness (QED) is 0.851. The Morgan fingerprint density at radius 3 is 3.11 bits per heavy atom. The molecule has 1 unspecified atom stereocenters. The molecule has 1 aromatic rings. The summed E-state index contributed by atoms with van der Waals surface area (Å²) in [5, 5.41) is 10.5. The molecule has 0 aromatic carbocycles. The number of rotatable bonds is 3. The summed E-state index contributed by atoms with van der Waals surface area (Å²) >= 11 is 0. The Morgan fingerprint density at radius 2 is 2.33 bits per heavy atom. The van der Waals surface area contributed by atoms with Crippen molar-refractivity contribution in [3.05, 3.63) is 17.5 Å². The number of amides is 2. The minimum Gasteiger partial charge on any atom is -0.338 e. The van der Waals surface area contributed by atoms with Gasteiger partial charge in [-0.1, -0.05) is 0 Å². The van der Waals surface area contributed by atoms with Crippen molar-refractivity contribution in [3.63, 3.8) is 0 Å². The second-order valence-electron chi connectivity index (χ2n) is 5.45. The molecular formula is C13H20N4O. The van der Waals surface area contributed by atoms with Crippen LogP contribution in [-0.4, -0.2) is 22.4 Å². The van der Waals surface area contributed by atoms with Gasteiger partial charge in [-0.25, -0.2) is 4.79 Å². The van der Waals surface area contributed by atoms with Crippen molar-refractivity contribution in [2.75, 3.05) is 6.54 Å². The maximum absolute atomic E-state index is 11.8. The van der Waals surface area contributed by atoms with Crippen LogP contribution in [0.4, 0.5) is 4.79 Å². The second kappa shape index (κ2) is 4.63. The van der Waals surface area contributed by atoms with Gasteiger partial charge in [-0.15, -0.1) is 0 Å². The van der Waals surface area contributed by atoms with Crippen LogP contribution in [0.3, 0.4) is 0 Å². The van der Waals surface area contributed by atoms with Crippen molar-refractivity contribution < 1.29 is 4.79 Å². The van der Waals surface area contributed by atoms with Gasteiger partial charge in [0.1, 0.15) is 0 Å². The summed E-state index contributed by atoms with van der Waals surface area (Å²) in [6.45, 7) is 0.818. The maximum atomic E-state index is 11.8. The number of aromatic nitrogens is 2. The van der Waals surface area contributed by atoms with Crippen LogP contribution in [-0.2, 0) is 13.5 Å². The van der Waals surface area contributed by atoms with E-state index in [9.17, 15) is 4.79 Å². The molecule has 0 bridgehead atoms. The van der Waals surface area contributed by atoms with E-state index >= 15 is 0 Å². The van der Waals surface area contributed by atoms with E-state index < -0.39 is 0 Å². The number of aryl methyl sites for hydroxylation is 2. The molecule has 3 rings (SSSR count). The fourth-order valence-corrected chi connectivity index (χ4v) is 2.59. The number of hydrogen-bond acceptors (Lipinski definition) is 2. The van der Waals surface area contributed by atoms with Crippen LogP contribution < -0.4 is 10.6 Å². The van der Waals surface area contributed by atoms with E-state index in [-0.39, 0.29) is 12.1 Å². The van der Waals surface area contributed by atoms with Crippen molar-refractivity contribution in [1.82, 2.24) is 20.4 Å². The molecule has 1 aromatic heterocycles. The van der Waals surface area contributed by atoms with Gasteiger partial charge in [0.15, 0.2) is 0 Å². The molecular weight excluding hydrogens is 228 g/mol. The topological polar surface area (TPSA) is 59.0 Å². The van der Waals surface area contributed by atoms with Crippen LogP contribution in [0.2, 0.25) is 0 Å². The molecule has 1 atom stereocenters. The molecule has 1 heterocycles. The number of nitrogens with zero attached hydrogens (tertiary/aromatic N) is 2. The highest BCUT2D eigenvalue weighted by molar-refractivity contribution is 5.74. The lowest BCUT2D eigenvalue weighted by Crippen LogP contribution is -2.39. The fourth-order valence-electron chi connectivity index (χ4n) is 2.59. The standard InChI is InChI=1S/C13H20N4O/c1-17-8-10-11(3-2-4-12(10)16-17)15-13(18)14-7-9-5-6-9/h8-9,11H,2-7H2,1H3,(H2,14,15,18). The first-order chi connectivity index (χ1) is 8.72. The molecule has 2 N–H and O–H groups in total. The molecule has 2 aliphatic rings. The van der Waals surface area contributed by atoms with Gasteiger partial charge in [-0.3, -0.25) is 4.68 Å². The number of urea groups is 1. The monoisotopic (exact) mass is 248 g/mol. The van der Waals surface area contributed by atoms with E-state index in [2.05, 4.69) is 15.7 Å². The van der Waals surface area contributed by atoms with Gasteiger partial charge in [0.05, 0.1) is 11.7 Å². The third-order valence-corrected chi connectivity index (χ3v) is 3.77. The average Bonchev–Trinajstić information content (AvgIpc) is 3.08. The summed E-state index contributed by atoms with van der Waals surface area (Å²) < 4.78 is 1.84. The van der Waals surface area contributed by atoms with Crippen molar-refractivity contribution in [2.45, 2.75) is 38.1 Å². The molecule has 0 spiro atoms. The first kappa shape index (κ1) is 11.6. The molecule has 18 heavy (non-hydrogen) atoms. The summed E-state index contributed by atoms with van der Waals surface area (Å²) in [7, 11) is 1.93. The molecule has 1 fully saturated rings. The molecule has 2 amide bonds. The van der Waals surface area contributed by atoms with Gasteiger partial charge < -0.3 is 10.6 Å². The Labute approximate surface area is 107 Å². The van der Waals surface area contributed by atoms with Crippen molar-refractivity contribution in [2.24, 2.45) is 13.0 Å². The van der Waals surface area contributed by atoms with E-state index in [4.69, 9.17) is 0 Å². The molecule has 0 aliphatic heterocycles. The van der Waals surface area contributed by atoms with Gasteiger partial charge in [-0.05, 0) is 38.0 Å². The van der Waals surface area contributed by atoms with Crippen LogP contribution >= 0.6 is 0 Å². The van der Waals surface area contributed by atoms with E-state index in [1.54, 1.807) is 0 Å². The lowest BCUT2D eigenvalue weighted by atomic mass is 9.93. The Morgan fingerprint density at radius 1 is 1.50 bits per heavy atom. The number of nitrogens with one attached hydrogen (secondary N) is 2. The Kier molecular flexibility index (Phi) is 2.97. The predicted octanol–water partition coefficient (Wildman–Crippen LogP) is 1.51. The minimum absolute atomic E-state index is 0.0383. The highest BCUT2D eigenvalue weighted by Gasteiger charge is 2.25. The molecule has 2 aliphatic carbocycles. The van der Waals surface area contributed by atoms with Crippen LogP contribution in [0.1, 0.15) is 43.0 Å². The highest BCUT2D eigenvalue weighted by Crippen LogP contribution is 2.29. The van der Waals surface area contributed by atoms with Gasteiger partial charge in [0.25, 0.3) is 0 Å². The summed E-state index contributed by atoms with van der Waals surface area (Å²) in [5.74, 6) is 0.719. The van der Waals surface area contributed by atoms with E-state index in [0.717, 1.165) is 37.4 Å². The zero-order chi connectivity index (χ0) is 12.5. The Balaban J connectivity index is 1.60. The molecule has 0 radical (unpaired) electrons. The maximum Gasteiger partial charge on any atom is 0.315 e. The SMILES string of the molecule is Cn1cc2c(n1)CCCC2NC(=O)NCC1CC1. The van der Waals surface area contributed by atoms with Crippen molar-refractivity contribution in [3.8, 4) is 0 Å². The van der Waals surface area contributed by atoms with Gasteiger partial charge in [0, 0.05) is 25.4 Å². The van der Waals surface area contributed by atoms with E-state index in [0.29, 0.717) is 0 Å². The normalized spacial score (nSPS) is 22.4. The molecule has 0 saturated heterocycles. The number of carbonyl (C=O) groups is 1.